The molecule has 2 aromatic rings. The molecule has 0 aromatic carbocycles. The fourth-order valence-electron chi connectivity index (χ4n) is 3.84. The molecule has 152 valence electrons. The molecule has 28 heavy (non-hydrogen) atoms. The third-order valence-electron chi connectivity index (χ3n) is 5.39. The van der Waals surface area contributed by atoms with Crippen molar-refractivity contribution in [3.05, 3.63) is 10.4 Å². The fourth-order valence-corrected chi connectivity index (χ4v) is 7.75. The highest BCUT2D eigenvalue weighted by atomic mass is 32.2. The number of aromatic nitrogens is 2. The predicted molar refractivity (Wildman–Crippen MR) is 114 cm³/mol. The number of nitrogen functional groups attached to an aromatic ring is 1. The number of hydrogen-bond donors (Lipinski definition) is 2. The maximum absolute atomic E-state index is 12.4. The summed E-state index contributed by atoms with van der Waals surface area (Å²) < 4.78 is 23.1. The molecular formula is C18H24N4O3S3. The molecule has 0 saturated carbocycles. The van der Waals surface area contributed by atoms with Crippen LogP contribution in [0, 0.1) is 5.92 Å². The van der Waals surface area contributed by atoms with Crippen LogP contribution in [-0.2, 0) is 27.5 Å². The summed E-state index contributed by atoms with van der Waals surface area (Å²) in [5.41, 5.74) is 7.54. The molecule has 3 heterocycles. The summed E-state index contributed by atoms with van der Waals surface area (Å²) in [5.74, 6) is 1.11. The van der Waals surface area contributed by atoms with E-state index in [1.807, 2.05) is 0 Å². The van der Waals surface area contributed by atoms with Crippen LogP contribution in [0.25, 0.3) is 10.2 Å². The molecule has 1 aliphatic carbocycles. The van der Waals surface area contributed by atoms with E-state index in [4.69, 9.17) is 5.73 Å². The Hall–Kier alpha value is -1.39. The van der Waals surface area contributed by atoms with Gasteiger partial charge in [0.25, 0.3) is 0 Å². The third-order valence-corrected chi connectivity index (χ3v) is 9.27. The highest BCUT2D eigenvalue weighted by Gasteiger charge is 2.30. The van der Waals surface area contributed by atoms with Gasteiger partial charge in [-0.3, -0.25) is 4.79 Å². The highest BCUT2D eigenvalue weighted by molar-refractivity contribution is 8.00. The number of carbonyl (C=O) groups excluding carboxylic acids is 1. The standard InChI is InChI=1S/C18H24N4O3S3/c1-9-3-4-12-13(7-9)27-17-14(12)15(19)21-18(22-17)26-10(2)16(23)20-11-5-6-28(24,25)8-11/h9-11H,3-8H2,1-2H3,(H,20,23)(H2,19,21,22). The number of thiophene rings is 1. The van der Waals surface area contributed by atoms with Gasteiger partial charge in [-0.2, -0.15) is 0 Å². The molecule has 2 aliphatic rings. The van der Waals surface area contributed by atoms with E-state index in [1.54, 1.807) is 18.3 Å². The number of sulfone groups is 1. The molecular weight excluding hydrogens is 416 g/mol. The summed E-state index contributed by atoms with van der Waals surface area (Å²) in [5, 5.41) is 3.85. The number of amides is 1. The van der Waals surface area contributed by atoms with Crippen molar-refractivity contribution in [2.75, 3.05) is 17.2 Å². The molecule has 4 rings (SSSR count). The number of rotatable bonds is 4. The minimum Gasteiger partial charge on any atom is -0.383 e. The van der Waals surface area contributed by atoms with Gasteiger partial charge in [-0.1, -0.05) is 18.7 Å². The summed E-state index contributed by atoms with van der Waals surface area (Å²) >= 11 is 2.93. The van der Waals surface area contributed by atoms with Gasteiger partial charge in [-0.05, 0) is 44.1 Å². The van der Waals surface area contributed by atoms with Crippen molar-refractivity contribution < 1.29 is 13.2 Å². The van der Waals surface area contributed by atoms with Crippen LogP contribution in [0.3, 0.4) is 0 Å². The molecule has 3 N–H and O–H groups in total. The van der Waals surface area contributed by atoms with E-state index >= 15 is 0 Å². The number of anilines is 1. The van der Waals surface area contributed by atoms with Gasteiger partial charge in [0.2, 0.25) is 5.91 Å². The van der Waals surface area contributed by atoms with Crippen molar-refractivity contribution in [3.63, 3.8) is 0 Å². The Labute approximate surface area is 172 Å². The number of hydrogen-bond acceptors (Lipinski definition) is 8. The monoisotopic (exact) mass is 440 g/mol. The number of thioether (sulfide) groups is 1. The van der Waals surface area contributed by atoms with Crippen LogP contribution < -0.4 is 11.1 Å². The second-order valence-corrected chi connectivity index (χ2v) is 12.4. The predicted octanol–water partition coefficient (Wildman–Crippen LogP) is 2.18. The summed E-state index contributed by atoms with van der Waals surface area (Å²) in [6, 6.07) is -0.306. The number of nitrogens with zero attached hydrogens (tertiary/aromatic N) is 2. The summed E-state index contributed by atoms with van der Waals surface area (Å²) in [6.07, 6.45) is 3.70. The van der Waals surface area contributed by atoms with E-state index in [9.17, 15) is 13.2 Å². The lowest BCUT2D eigenvalue weighted by Crippen LogP contribution is -2.40. The van der Waals surface area contributed by atoms with Crippen molar-refractivity contribution >= 4 is 54.9 Å². The van der Waals surface area contributed by atoms with Gasteiger partial charge in [0, 0.05) is 10.9 Å². The summed E-state index contributed by atoms with van der Waals surface area (Å²) in [6.45, 7) is 4.04. The van der Waals surface area contributed by atoms with Crippen molar-refractivity contribution in [2.24, 2.45) is 5.92 Å². The number of aryl methyl sites for hydroxylation is 1. The zero-order valence-corrected chi connectivity index (χ0v) is 18.3. The van der Waals surface area contributed by atoms with E-state index in [-0.39, 0.29) is 23.5 Å². The molecule has 1 amide bonds. The molecule has 10 heteroatoms. The Bertz CT molecular complexity index is 1030. The summed E-state index contributed by atoms with van der Waals surface area (Å²) in [4.78, 5) is 23.8. The lowest BCUT2D eigenvalue weighted by Gasteiger charge is -2.18. The minimum absolute atomic E-state index is 0.0186. The van der Waals surface area contributed by atoms with Crippen molar-refractivity contribution in [2.45, 2.75) is 56.0 Å². The number of nitrogens with one attached hydrogen (secondary N) is 1. The highest BCUT2D eigenvalue weighted by Crippen LogP contribution is 2.40. The van der Waals surface area contributed by atoms with E-state index in [0.717, 1.165) is 29.5 Å². The van der Waals surface area contributed by atoms with Gasteiger partial charge in [-0.25, -0.2) is 18.4 Å². The quantitative estimate of drug-likeness (QED) is 0.553. The Morgan fingerprint density at radius 3 is 2.86 bits per heavy atom. The topological polar surface area (TPSA) is 115 Å². The fraction of sp³-hybridized carbons (Fsp3) is 0.611. The van der Waals surface area contributed by atoms with Gasteiger partial charge in [0.1, 0.15) is 10.6 Å². The van der Waals surface area contributed by atoms with Crippen LogP contribution in [0.5, 0.6) is 0 Å². The number of nitrogens with two attached hydrogens (primary N) is 1. The lowest BCUT2D eigenvalue weighted by molar-refractivity contribution is -0.120. The zero-order valence-electron chi connectivity index (χ0n) is 15.9. The lowest BCUT2D eigenvalue weighted by atomic mass is 9.89. The second-order valence-electron chi connectivity index (χ2n) is 7.79. The maximum Gasteiger partial charge on any atom is 0.233 e. The molecule has 1 fully saturated rings. The van der Waals surface area contributed by atoms with E-state index in [2.05, 4.69) is 22.2 Å². The van der Waals surface area contributed by atoms with Gasteiger partial charge >= 0.3 is 0 Å². The molecule has 1 saturated heterocycles. The van der Waals surface area contributed by atoms with Crippen molar-refractivity contribution in [1.29, 1.82) is 0 Å². The van der Waals surface area contributed by atoms with Crippen LogP contribution in [0.1, 0.15) is 37.1 Å². The van der Waals surface area contributed by atoms with Crippen LogP contribution in [-0.4, -0.2) is 47.1 Å². The first-order valence-corrected chi connectivity index (χ1v) is 13.0. The first-order valence-electron chi connectivity index (χ1n) is 9.47. The second kappa shape index (κ2) is 7.46. The van der Waals surface area contributed by atoms with E-state index in [1.165, 1.54) is 22.2 Å². The first kappa shape index (κ1) is 19.9. The average molecular weight is 441 g/mol. The molecule has 0 bridgehead atoms. The van der Waals surface area contributed by atoms with Crippen LogP contribution in [0.2, 0.25) is 0 Å². The van der Waals surface area contributed by atoms with Crippen molar-refractivity contribution in [3.8, 4) is 0 Å². The molecule has 0 spiro atoms. The van der Waals surface area contributed by atoms with Gasteiger partial charge in [0.05, 0.1) is 22.1 Å². The summed E-state index contributed by atoms with van der Waals surface area (Å²) in [7, 11) is -3.02. The van der Waals surface area contributed by atoms with E-state index < -0.39 is 15.1 Å². The molecule has 2 aromatic heterocycles. The Kier molecular flexibility index (Phi) is 5.30. The molecule has 7 nitrogen and oxygen atoms in total. The molecule has 3 unspecified atom stereocenters. The third kappa shape index (κ3) is 3.99. The first-order chi connectivity index (χ1) is 13.2. The Morgan fingerprint density at radius 1 is 1.36 bits per heavy atom. The van der Waals surface area contributed by atoms with Gasteiger partial charge in [0.15, 0.2) is 15.0 Å². The molecule has 0 radical (unpaired) electrons. The number of carbonyl (C=O) groups is 1. The maximum atomic E-state index is 12.4. The van der Waals surface area contributed by atoms with E-state index in [0.29, 0.717) is 23.3 Å². The average Bonchev–Trinajstić information content (AvgIpc) is 3.13. The smallest absolute Gasteiger partial charge is 0.233 e. The van der Waals surface area contributed by atoms with Gasteiger partial charge < -0.3 is 11.1 Å². The Balaban J connectivity index is 1.49. The Morgan fingerprint density at radius 2 is 2.14 bits per heavy atom. The minimum atomic E-state index is -3.02. The van der Waals surface area contributed by atoms with Crippen molar-refractivity contribution in [1.82, 2.24) is 15.3 Å². The van der Waals surface area contributed by atoms with Gasteiger partial charge in [-0.15, -0.1) is 11.3 Å². The van der Waals surface area contributed by atoms with Crippen LogP contribution in [0.4, 0.5) is 5.82 Å². The zero-order chi connectivity index (χ0) is 20.1. The SMILES string of the molecule is CC1CCc2c(sc3nc(SC(C)C(=O)NC4CCS(=O)(=O)C4)nc(N)c23)C1. The van der Waals surface area contributed by atoms with Crippen LogP contribution >= 0.6 is 23.1 Å². The molecule has 1 aliphatic heterocycles. The largest absolute Gasteiger partial charge is 0.383 e. The van der Waals surface area contributed by atoms with Crippen LogP contribution in [0.15, 0.2) is 5.16 Å². The normalized spacial score (nSPS) is 24.8. The number of fused-ring (bicyclic) bond motifs is 3. The molecule has 3 atom stereocenters.